The molecule has 0 aliphatic carbocycles. The molecule has 0 bridgehead atoms. The molecule has 0 radical (unpaired) electrons. The van der Waals surface area contributed by atoms with Gasteiger partial charge >= 0.3 is 0 Å². The number of rotatable bonds is 6. The Labute approximate surface area is 110 Å². The quantitative estimate of drug-likeness (QED) is 0.856. The summed E-state index contributed by atoms with van der Waals surface area (Å²) in [6, 6.07) is 5.57. The highest BCUT2D eigenvalue weighted by molar-refractivity contribution is 7.89. The lowest BCUT2D eigenvalue weighted by atomic mass is 10.1. The molecule has 0 saturated heterocycles. The highest BCUT2D eigenvalue weighted by Crippen LogP contribution is 2.20. The summed E-state index contributed by atoms with van der Waals surface area (Å²) in [6.07, 6.45) is 0.810. The summed E-state index contributed by atoms with van der Waals surface area (Å²) in [5.41, 5.74) is 1.77. The largest absolute Gasteiger partial charge is 0.316 e. The van der Waals surface area contributed by atoms with Crippen LogP contribution in [-0.4, -0.2) is 33.4 Å². The van der Waals surface area contributed by atoms with Crippen molar-refractivity contribution in [3.63, 3.8) is 0 Å². The summed E-state index contributed by atoms with van der Waals surface area (Å²) in [4.78, 5) is 0.409. The molecule has 0 aromatic heterocycles. The molecule has 0 fully saturated rings. The zero-order valence-corrected chi connectivity index (χ0v) is 12.3. The zero-order valence-electron chi connectivity index (χ0n) is 11.5. The van der Waals surface area contributed by atoms with Crippen molar-refractivity contribution in [3.05, 3.63) is 29.3 Å². The first kappa shape index (κ1) is 15.1. The van der Waals surface area contributed by atoms with Gasteiger partial charge in [0.2, 0.25) is 10.0 Å². The van der Waals surface area contributed by atoms with Gasteiger partial charge in [-0.3, -0.25) is 0 Å². The lowest BCUT2D eigenvalue weighted by molar-refractivity contribution is 0.468. The van der Waals surface area contributed by atoms with Crippen LogP contribution in [0, 0.1) is 6.92 Å². The molecule has 0 spiro atoms. The summed E-state index contributed by atoms with van der Waals surface area (Å²) < 4.78 is 26.2. The van der Waals surface area contributed by atoms with E-state index in [9.17, 15) is 8.42 Å². The topological polar surface area (TPSA) is 49.4 Å². The highest BCUT2D eigenvalue weighted by Gasteiger charge is 2.22. The monoisotopic (exact) mass is 270 g/mol. The van der Waals surface area contributed by atoms with Crippen LogP contribution < -0.4 is 5.32 Å². The first-order valence-corrected chi connectivity index (χ1v) is 7.58. The number of nitrogens with zero attached hydrogens (tertiary/aromatic N) is 1. The summed E-state index contributed by atoms with van der Waals surface area (Å²) in [5, 5.41) is 3.03. The summed E-state index contributed by atoms with van der Waals surface area (Å²) in [7, 11) is 0.105. The van der Waals surface area contributed by atoms with Gasteiger partial charge < -0.3 is 5.32 Å². The molecule has 5 heteroatoms. The van der Waals surface area contributed by atoms with E-state index >= 15 is 0 Å². The fourth-order valence-corrected chi connectivity index (χ4v) is 3.37. The van der Waals surface area contributed by atoms with Gasteiger partial charge in [-0.05, 0) is 37.6 Å². The third kappa shape index (κ3) is 3.31. The van der Waals surface area contributed by atoms with Gasteiger partial charge in [0, 0.05) is 20.1 Å². The molecular weight excluding hydrogens is 248 g/mol. The molecule has 0 heterocycles. The van der Waals surface area contributed by atoms with Crippen molar-refractivity contribution in [2.75, 3.05) is 20.6 Å². The molecule has 0 saturated carbocycles. The minimum absolute atomic E-state index is 0.409. The molecule has 1 aromatic carbocycles. The maximum absolute atomic E-state index is 12.4. The third-order valence-corrected chi connectivity index (χ3v) is 4.86. The van der Waals surface area contributed by atoms with E-state index in [1.165, 1.54) is 4.31 Å². The van der Waals surface area contributed by atoms with Crippen molar-refractivity contribution in [3.8, 4) is 0 Å². The van der Waals surface area contributed by atoms with Gasteiger partial charge in [0.1, 0.15) is 0 Å². The molecule has 4 nitrogen and oxygen atoms in total. The van der Waals surface area contributed by atoms with E-state index in [0.29, 0.717) is 18.0 Å². The van der Waals surface area contributed by atoms with Gasteiger partial charge in [-0.2, -0.15) is 0 Å². The van der Waals surface area contributed by atoms with Crippen molar-refractivity contribution >= 4 is 10.0 Å². The highest BCUT2D eigenvalue weighted by atomic mass is 32.2. The molecule has 18 heavy (non-hydrogen) atoms. The summed E-state index contributed by atoms with van der Waals surface area (Å²) in [5.74, 6) is 0. The van der Waals surface area contributed by atoms with Gasteiger partial charge in [0.05, 0.1) is 4.90 Å². The molecular formula is C13H22N2O2S. The van der Waals surface area contributed by atoms with Gasteiger partial charge in [-0.15, -0.1) is 0 Å². The molecule has 102 valence electrons. The van der Waals surface area contributed by atoms with Crippen LogP contribution >= 0.6 is 0 Å². The predicted octanol–water partition coefficient (Wildman–Crippen LogP) is 1.74. The molecule has 1 N–H and O–H groups in total. The average molecular weight is 270 g/mol. The Hall–Kier alpha value is -0.910. The Morgan fingerprint density at radius 2 is 2.00 bits per heavy atom. The maximum atomic E-state index is 12.4. The fraction of sp³-hybridized carbons (Fsp3) is 0.538. The van der Waals surface area contributed by atoms with E-state index in [-0.39, 0.29) is 0 Å². The van der Waals surface area contributed by atoms with Gasteiger partial charge in [0.15, 0.2) is 0 Å². The molecule has 0 amide bonds. The lowest BCUT2D eigenvalue weighted by Crippen LogP contribution is -2.28. The van der Waals surface area contributed by atoms with Crippen molar-refractivity contribution in [1.29, 1.82) is 0 Å². The second-order valence-corrected chi connectivity index (χ2v) is 6.47. The van der Waals surface area contributed by atoms with E-state index in [1.54, 1.807) is 13.1 Å². The molecule has 0 atom stereocenters. The Morgan fingerprint density at radius 3 is 2.56 bits per heavy atom. The molecule has 0 aliphatic rings. The minimum Gasteiger partial charge on any atom is -0.316 e. The Balaban J connectivity index is 3.18. The van der Waals surface area contributed by atoms with Gasteiger partial charge in [-0.25, -0.2) is 12.7 Å². The molecule has 1 aromatic rings. The zero-order chi connectivity index (χ0) is 13.8. The number of nitrogens with one attached hydrogen (secondary N) is 1. The van der Waals surface area contributed by atoms with E-state index < -0.39 is 10.0 Å². The van der Waals surface area contributed by atoms with Crippen LogP contribution in [0.2, 0.25) is 0 Å². The van der Waals surface area contributed by atoms with Crippen LogP contribution in [0.5, 0.6) is 0 Å². The normalized spacial score (nSPS) is 12.1. The number of hydrogen-bond acceptors (Lipinski definition) is 3. The predicted molar refractivity (Wildman–Crippen MR) is 74.0 cm³/mol. The summed E-state index contributed by atoms with van der Waals surface area (Å²) >= 11 is 0. The average Bonchev–Trinajstić information content (AvgIpc) is 2.32. The van der Waals surface area contributed by atoms with E-state index in [0.717, 1.165) is 17.5 Å². The SMILES string of the molecule is CCCN(C)S(=O)(=O)c1cc(CNC)ccc1C. The van der Waals surface area contributed by atoms with Gasteiger partial charge in [-0.1, -0.05) is 19.1 Å². The van der Waals surface area contributed by atoms with Crippen molar-refractivity contribution in [1.82, 2.24) is 9.62 Å². The van der Waals surface area contributed by atoms with Crippen LogP contribution in [-0.2, 0) is 16.6 Å². The Kier molecular flexibility index (Phi) is 5.31. The first-order valence-electron chi connectivity index (χ1n) is 6.14. The molecule has 0 unspecified atom stereocenters. The fourth-order valence-electron chi connectivity index (χ4n) is 1.84. The van der Waals surface area contributed by atoms with Crippen LogP contribution in [0.4, 0.5) is 0 Å². The second-order valence-electron chi connectivity index (χ2n) is 4.46. The van der Waals surface area contributed by atoms with E-state index in [4.69, 9.17) is 0 Å². The van der Waals surface area contributed by atoms with Crippen LogP contribution in [0.15, 0.2) is 23.1 Å². The molecule has 0 aliphatic heterocycles. The van der Waals surface area contributed by atoms with Crippen LogP contribution in [0.25, 0.3) is 0 Å². The Morgan fingerprint density at radius 1 is 1.33 bits per heavy atom. The number of benzene rings is 1. The van der Waals surface area contributed by atoms with Gasteiger partial charge in [0.25, 0.3) is 0 Å². The van der Waals surface area contributed by atoms with E-state index in [2.05, 4.69) is 5.32 Å². The summed E-state index contributed by atoms with van der Waals surface area (Å²) in [6.45, 7) is 5.00. The number of hydrogen-bond donors (Lipinski definition) is 1. The second kappa shape index (κ2) is 6.31. The van der Waals surface area contributed by atoms with Crippen molar-refractivity contribution < 1.29 is 8.42 Å². The first-order chi connectivity index (χ1) is 8.43. The third-order valence-electron chi connectivity index (χ3n) is 2.86. The van der Waals surface area contributed by atoms with Crippen molar-refractivity contribution in [2.45, 2.75) is 31.7 Å². The van der Waals surface area contributed by atoms with Crippen molar-refractivity contribution in [2.24, 2.45) is 0 Å². The molecule has 1 rings (SSSR count). The Bertz CT molecular complexity index is 498. The standard InChI is InChI=1S/C13H22N2O2S/c1-5-8-15(4)18(16,17)13-9-12(10-14-3)7-6-11(13)2/h6-7,9,14H,5,8,10H2,1-4H3. The maximum Gasteiger partial charge on any atom is 0.243 e. The number of sulfonamides is 1. The van der Waals surface area contributed by atoms with Crippen LogP contribution in [0.1, 0.15) is 24.5 Å². The van der Waals surface area contributed by atoms with Crippen LogP contribution in [0.3, 0.4) is 0 Å². The smallest absolute Gasteiger partial charge is 0.243 e. The van der Waals surface area contributed by atoms with E-state index in [1.807, 2.05) is 33.0 Å². The lowest BCUT2D eigenvalue weighted by Gasteiger charge is -2.18. The number of aryl methyl sites for hydroxylation is 1. The minimum atomic E-state index is -3.37.